The molecule has 10 heteroatoms. The van der Waals surface area contributed by atoms with Crippen molar-refractivity contribution in [1.29, 1.82) is 0 Å². The van der Waals surface area contributed by atoms with Crippen LogP contribution in [0.4, 0.5) is 4.39 Å². The standard InChI is InChI=1S/C18H19FN2O4S3/c1-11(16(22)20(2)14-6-7-28(24,25)10-14)21-17(23)15(27-18(21)26)9-12-4-3-5-13(19)8-12/h3-5,8-9,11,14H,6-7,10H2,1-2H3/b15-9-. The van der Waals surface area contributed by atoms with Crippen molar-refractivity contribution in [3.8, 4) is 0 Å². The molecule has 150 valence electrons. The Hall–Kier alpha value is -1.78. The summed E-state index contributed by atoms with van der Waals surface area (Å²) in [4.78, 5) is 28.5. The second-order valence-electron chi connectivity index (χ2n) is 6.79. The van der Waals surface area contributed by atoms with Crippen LogP contribution in [0, 0.1) is 5.82 Å². The van der Waals surface area contributed by atoms with Gasteiger partial charge in [-0.15, -0.1) is 0 Å². The van der Waals surface area contributed by atoms with Crippen molar-refractivity contribution < 1.29 is 22.4 Å². The number of amides is 2. The number of likely N-dealkylation sites (N-methyl/N-ethyl adjacent to an activating group) is 1. The van der Waals surface area contributed by atoms with Gasteiger partial charge in [0.15, 0.2) is 9.84 Å². The molecule has 0 N–H and O–H groups in total. The average molecular weight is 443 g/mol. The van der Waals surface area contributed by atoms with Gasteiger partial charge in [-0.2, -0.15) is 0 Å². The fourth-order valence-electron chi connectivity index (χ4n) is 3.23. The lowest BCUT2D eigenvalue weighted by atomic mass is 10.1. The number of hydrogen-bond acceptors (Lipinski definition) is 6. The summed E-state index contributed by atoms with van der Waals surface area (Å²) >= 11 is 6.33. The van der Waals surface area contributed by atoms with E-state index < -0.39 is 33.6 Å². The van der Waals surface area contributed by atoms with E-state index in [-0.39, 0.29) is 21.7 Å². The van der Waals surface area contributed by atoms with Gasteiger partial charge in [0, 0.05) is 13.1 Å². The van der Waals surface area contributed by atoms with Crippen LogP contribution < -0.4 is 0 Å². The summed E-state index contributed by atoms with van der Waals surface area (Å²) in [6.45, 7) is 1.57. The summed E-state index contributed by atoms with van der Waals surface area (Å²) in [6, 6.07) is 4.55. The number of thiocarbonyl (C=S) groups is 1. The minimum Gasteiger partial charge on any atom is -0.340 e. The van der Waals surface area contributed by atoms with Crippen LogP contribution in [0.15, 0.2) is 29.2 Å². The Kier molecular flexibility index (Phi) is 5.92. The molecule has 2 fully saturated rings. The van der Waals surface area contributed by atoms with Crippen molar-refractivity contribution in [2.45, 2.75) is 25.4 Å². The summed E-state index contributed by atoms with van der Waals surface area (Å²) in [5.74, 6) is -1.22. The molecule has 2 heterocycles. The number of sulfone groups is 1. The first-order chi connectivity index (χ1) is 13.1. The van der Waals surface area contributed by atoms with Gasteiger partial charge in [0.2, 0.25) is 5.91 Å². The highest BCUT2D eigenvalue weighted by atomic mass is 32.2. The van der Waals surface area contributed by atoms with Crippen molar-refractivity contribution in [2.24, 2.45) is 0 Å². The highest BCUT2D eigenvalue weighted by Crippen LogP contribution is 2.34. The number of halogens is 1. The lowest BCUT2D eigenvalue weighted by Gasteiger charge is -2.30. The Morgan fingerprint density at radius 1 is 1.46 bits per heavy atom. The average Bonchev–Trinajstić information content (AvgIpc) is 3.12. The number of hydrogen-bond donors (Lipinski definition) is 0. The monoisotopic (exact) mass is 442 g/mol. The number of benzene rings is 1. The minimum atomic E-state index is -3.13. The first-order valence-corrected chi connectivity index (χ1v) is 11.6. The molecule has 1 aromatic carbocycles. The normalized spacial score (nSPS) is 24.0. The third-order valence-corrected chi connectivity index (χ3v) is 7.90. The quantitative estimate of drug-likeness (QED) is 0.525. The third kappa shape index (κ3) is 4.28. The predicted molar refractivity (Wildman–Crippen MR) is 111 cm³/mol. The summed E-state index contributed by atoms with van der Waals surface area (Å²) in [6.07, 6.45) is 1.92. The Labute approximate surface area is 172 Å². The van der Waals surface area contributed by atoms with Crippen LogP contribution in [0.2, 0.25) is 0 Å². The minimum absolute atomic E-state index is 0.0566. The molecule has 0 radical (unpaired) electrons. The number of thioether (sulfide) groups is 1. The van der Waals surface area contributed by atoms with Gasteiger partial charge in [-0.1, -0.05) is 36.1 Å². The third-order valence-electron chi connectivity index (χ3n) is 4.82. The maximum Gasteiger partial charge on any atom is 0.266 e. The molecule has 2 aliphatic heterocycles. The summed E-state index contributed by atoms with van der Waals surface area (Å²) in [5.41, 5.74) is 0.521. The predicted octanol–water partition coefficient (Wildman–Crippen LogP) is 2.06. The summed E-state index contributed by atoms with van der Waals surface area (Å²) < 4.78 is 37.0. The largest absolute Gasteiger partial charge is 0.340 e. The fraction of sp³-hybridized carbons (Fsp3) is 0.389. The molecule has 2 unspecified atom stereocenters. The van der Waals surface area contributed by atoms with E-state index in [1.807, 2.05) is 0 Å². The summed E-state index contributed by atoms with van der Waals surface area (Å²) in [7, 11) is -1.59. The lowest BCUT2D eigenvalue weighted by Crippen LogP contribution is -2.50. The molecule has 6 nitrogen and oxygen atoms in total. The van der Waals surface area contributed by atoms with Gasteiger partial charge in [-0.05, 0) is 37.1 Å². The van der Waals surface area contributed by atoms with Crippen LogP contribution in [-0.4, -0.2) is 65.0 Å². The lowest BCUT2D eigenvalue weighted by molar-refractivity contribution is -0.139. The van der Waals surface area contributed by atoms with Crippen LogP contribution in [0.1, 0.15) is 18.9 Å². The fourth-order valence-corrected chi connectivity index (χ4v) is 6.42. The Morgan fingerprint density at radius 2 is 2.18 bits per heavy atom. The number of carbonyl (C=O) groups excluding carboxylic acids is 2. The first kappa shape index (κ1) is 20.9. The van der Waals surface area contributed by atoms with E-state index in [2.05, 4.69) is 0 Å². The van der Waals surface area contributed by atoms with Crippen molar-refractivity contribution in [3.63, 3.8) is 0 Å². The van der Waals surface area contributed by atoms with Crippen molar-refractivity contribution in [3.05, 3.63) is 40.6 Å². The van der Waals surface area contributed by atoms with Crippen LogP contribution in [0.3, 0.4) is 0 Å². The molecule has 0 spiro atoms. The van der Waals surface area contributed by atoms with E-state index in [1.54, 1.807) is 26.1 Å². The van der Waals surface area contributed by atoms with E-state index >= 15 is 0 Å². The van der Waals surface area contributed by atoms with Crippen LogP contribution in [0.5, 0.6) is 0 Å². The van der Waals surface area contributed by atoms with Gasteiger partial charge in [-0.3, -0.25) is 14.5 Å². The molecular weight excluding hydrogens is 423 g/mol. The Balaban J connectivity index is 1.76. The van der Waals surface area contributed by atoms with Crippen LogP contribution >= 0.6 is 24.0 Å². The number of carbonyl (C=O) groups is 2. The highest BCUT2D eigenvalue weighted by Gasteiger charge is 2.41. The van der Waals surface area contributed by atoms with Crippen LogP contribution in [0.25, 0.3) is 6.08 Å². The molecule has 2 amide bonds. The molecule has 28 heavy (non-hydrogen) atoms. The van der Waals surface area contributed by atoms with Gasteiger partial charge in [0.1, 0.15) is 16.2 Å². The number of rotatable bonds is 4. The van der Waals surface area contributed by atoms with Gasteiger partial charge >= 0.3 is 0 Å². The van der Waals surface area contributed by atoms with Crippen molar-refractivity contribution >= 4 is 56.0 Å². The van der Waals surface area contributed by atoms with E-state index in [0.717, 1.165) is 11.8 Å². The maximum atomic E-state index is 13.4. The van der Waals surface area contributed by atoms with E-state index in [9.17, 15) is 22.4 Å². The highest BCUT2D eigenvalue weighted by molar-refractivity contribution is 8.26. The number of nitrogens with zero attached hydrogens (tertiary/aromatic N) is 2. The van der Waals surface area contributed by atoms with Gasteiger partial charge in [-0.25, -0.2) is 12.8 Å². The zero-order valence-corrected chi connectivity index (χ0v) is 17.7. The van der Waals surface area contributed by atoms with E-state index in [4.69, 9.17) is 12.2 Å². The molecule has 0 aliphatic carbocycles. The van der Waals surface area contributed by atoms with Gasteiger partial charge < -0.3 is 4.90 Å². The van der Waals surface area contributed by atoms with Crippen molar-refractivity contribution in [1.82, 2.24) is 9.80 Å². The Bertz CT molecular complexity index is 977. The second kappa shape index (κ2) is 7.92. The van der Waals surface area contributed by atoms with E-state index in [1.165, 1.54) is 28.0 Å². The second-order valence-corrected chi connectivity index (χ2v) is 10.7. The molecule has 2 aliphatic rings. The maximum absolute atomic E-state index is 13.4. The van der Waals surface area contributed by atoms with Gasteiger partial charge in [0.05, 0.1) is 16.4 Å². The SMILES string of the molecule is CC(C(=O)N(C)C1CCS(=O)(=O)C1)N1C(=O)/C(=C/c2cccc(F)c2)SC1=S. The summed E-state index contributed by atoms with van der Waals surface area (Å²) in [5, 5.41) is 0. The Morgan fingerprint density at radius 3 is 2.79 bits per heavy atom. The molecule has 0 bridgehead atoms. The van der Waals surface area contributed by atoms with E-state index in [0.29, 0.717) is 16.9 Å². The topological polar surface area (TPSA) is 74.8 Å². The molecule has 3 rings (SSSR count). The smallest absolute Gasteiger partial charge is 0.266 e. The van der Waals surface area contributed by atoms with Crippen molar-refractivity contribution in [2.75, 3.05) is 18.6 Å². The molecule has 0 saturated carbocycles. The first-order valence-electron chi connectivity index (χ1n) is 8.59. The molecule has 2 atom stereocenters. The van der Waals surface area contributed by atoms with Crippen LogP contribution in [-0.2, 0) is 19.4 Å². The molecule has 0 aromatic heterocycles. The molecular formula is C18H19FN2O4S3. The van der Waals surface area contributed by atoms with Gasteiger partial charge in [0.25, 0.3) is 5.91 Å². The zero-order valence-electron chi connectivity index (χ0n) is 15.3. The molecule has 1 aromatic rings. The zero-order chi connectivity index (χ0) is 20.6. The molecule has 2 saturated heterocycles.